The Morgan fingerprint density at radius 2 is 2.36 bits per heavy atom. The van der Waals surface area contributed by atoms with Crippen molar-refractivity contribution in [3.8, 4) is 0 Å². The first-order valence-electron chi connectivity index (χ1n) is 3.69. The second-order valence-corrected chi connectivity index (χ2v) is 2.88. The molecule has 1 aliphatic carbocycles. The fraction of sp³-hybridized carbons (Fsp3) is 0.500. The van der Waals surface area contributed by atoms with E-state index >= 15 is 0 Å². The standard InChI is InChI=1S/C8H8O3/c9-4-5-1-2-7-6(5)3-8(10)11-7/h4-5H,1-3H2. The van der Waals surface area contributed by atoms with Gasteiger partial charge in [0.05, 0.1) is 6.42 Å². The number of carbonyl (C=O) groups excluding carboxylic acids is 2. The molecule has 1 heterocycles. The fourth-order valence-corrected chi connectivity index (χ4v) is 1.65. The minimum absolute atomic E-state index is 0.0450. The second-order valence-electron chi connectivity index (χ2n) is 2.88. The van der Waals surface area contributed by atoms with Gasteiger partial charge in [-0.2, -0.15) is 0 Å². The van der Waals surface area contributed by atoms with Crippen molar-refractivity contribution in [2.75, 3.05) is 0 Å². The lowest BCUT2D eigenvalue weighted by molar-refractivity contribution is -0.136. The number of ether oxygens (including phenoxy) is 1. The fourth-order valence-electron chi connectivity index (χ4n) is 1.65. The van der Waals surface area contributed by atoms with E-state index in [-0.39, 0.29) is 11.9 Å². The van der Waals surface area contributed by atoms with Gasteiger partial charge in [-0.3, -0.25) is 4.79 Å². The normalized spacial score (nSPS) is 28.7. The van der Waals surface area contributed by atoms with E-state index in [0.717, 1.165) is 30.5 Å². The number of hydrogen-bond acceptors (Lipinski definition) is 3. The zero-order valence-corrected chi connectivity index (χ0v) is 6.00. The van der Waals surface area contributed by atoms with Crippen LogP contribution in [0.25, 0.3) is 0 Å². The molecular formula is C8H8O3. The third-order valence-electron chi connectivity index (χ3n) is 2.22. The number of allylic oxidation sites excluding steroid dienone is 1. The van der Waals surface area contributed by atoms with Crippen LogP contribution in [0.4, 0.5) is 0 Å². The molecule has 0 bridgehead atoms. The maximum absolute atomic E-state index is 10.7. The first kappa shape index (κ1) is 6.58. The Hall–Kier alpha value is -1.12. The molecule has 0 aromatic carbocycles. The zero-order chi connectivity index (χ0) is 7.84. The molecule has 0 radical (unpaired) electrons. The molecule has 2 aliphatic rings. The molecule has 0 fully saturated rings. The van der Waals surface area contributed by atoms with E-state index in [4.69, 9.17) is 4.74 Å². The molecule has 0 N–H and O–H groups in total. The Morgan fingerprint density at radius 1 is 1.55 bits per heavy atom. The van der Waals surface area contributed by atoms with Crippen molar-refractivity contribution in [2.45, 2.75) is 19.3 Å². The van der Waals surface area contributed by atoms with Crippen molar-refractivity contribution in [1.82, 2.24) is 0 Å². The molecule has 58 valence electrons. The monoisotopic (exact) mass is 152 g/mol. The summed E-state index contributed by atoms with van der Waals surface area (Å²) in [5.41, 5.74) is 0.921. The molecule has 1 atom stereocenters. The van der Waals surface area contributed by atoms with E-state index in [2.05, 4.69) is 0 Å². The lowest BCUT2D eigenvalue weighted by atomic mass is 10.0. The number of hydrogen-bond donors (Lipinski definition) is 0. The summed E-state index contributed by atoms with van der Waals surface area (Å²) in [6.07, 6.45) is 2.81. The summed E-state index contributed by atoms with van der Waals surface area (Å²) < 4.78 is 4.90. The van der Waals surface area contributed by atoms with Gasteiger partial charge in [-0.1, -0.05) is 0 Å². The van der Waals surface area contributed by atoms with Crippen LogP contribution in [-0.4, -0.2) is 12.3 Å². The third-order valence-corrected chi connectivity index (χ3v) is 2.22. The molecule has 0 amide bonds. The summed E-state index contributed by atoms with van der Waals surface area (Å²) in [6.45, 7) is 0. The maximum Gasteiger partial charge on any atom is 0.315 e. The molecule has 0 saturated carbocycles. The molecule has 0 saturated heterocycles. The Kier molecular flexibility index (Phi) is 1.31. The highest BCUT2D eigenvalue weighted by molar-refractivity contribution is 5.80. The zero-order valence-electron chi connectivity index (χ0n) is 6.00. The summed E-state index contributed by atoms with van der Waals surface area (Å²) in [5, 5.41) is 0. The molecule has 0 spiro atoms. The van der Waals surface area contributed by atoms with Crippen LogP contribution in [0, 0.1) is 5.92 Å². The van der Waals surface area contributed by atoms with Crippen molar-refractivity contribution in [3.05, 3.63) is 11.3 Å². The first-order valence-corrected chi connectivity index (χ1v) is 3.69. The van der Waals surface area contributed by atoms with E-state index in [1.54, 1.807) is 0 Å². The minimum Gasteiger partial charge on any atom is -0.431 e. The van der Waals surface area contributed by atoms with Crippen molar-refractivity contribution >= 4 is 12.3 Å². The molecule has 1 aliphatic heterocycles. The van der Waals surface area contributed by atoms with E-state index in [0.29, 0.717) is 6.42 Å². The van der Waals surface area contributed by atoms with Crippen LogP contribution in [0.3, 0.4) is 0 Å². The number of carbonyl (C=O) groups is 2. The van der Waals surface area contributed by atoms with Crippen LogP contribution in [0.2, 0.25) is 0 Å². The van der Waals surface area contributed by atoms with Crippen molar-refractivity contribution < 1.29 is 14.3 Å². The van der Waals surface area contributed by atoms with Gasteiger partial charge < -0.3 is 9.53 Å². The van der Waals surface area contributed by atoms with Crippen LogP contribution < -0.4 is 0 Å². The first-order chi connectivity index (χ1) is 5.31. The van der Waals surface area contributed by atoms with E-state index < -0.39 is 0 Å². The number of esters is 1. The molecule has 2 rings (SSSR count). The average Bonchev–Trinajstić information content (AvgIpc) is 2.45. The maximum atomic E-state index is 10.7. The summed E-state index contributed by atoms with van der Waals surface area (Å²) in [4.78, 5) is 21.2. The van der Waals surface area contributed by atoms with Crippen LogP contribution in [0.1, 0.15) is 19.3 Å². The highest BCUT2D eigenvalue weighted by Gasteiger charge is 2.34. The average molecular weight is 152 g/mol. The predicted molar refractivity (Wildman–Crippen MR) is 36.5 cm³/mol. The SMILES string of the molecule is O=CC1CCC2=C1CC(=O)O2. The summed E-state index contributed by atoms with van der Waals surface area (Å²) in [6, 6.07) is 0. The van der Waals surface area contributed by atoms with Crippen molar-refractivity contribution in [1.29, 1.82) is 0 Å². The second kappa shape index (κ2) is 2.19. The highest BCUT2D eigenvalue weighted by Crippen LogP contribution is 2.38. The van der Waals surface area contributed by atoms with Gasteiger partial charge in [0, 0.05) is 12.3 Å². The number of rotatable bonds is 1. The van der Waals surface area contributed by atoms with Crippen molar-refractivity contribution in [2.24, 2.45) is 5.92 Å². The minimum atomic E-state index is -0.207. The summed E-state index contributed by atoms with van der Waals surface area (Å²) in [5.74, 6) is 0.505. The van der Waals surface area contributed by atoms with Gasteiger partial charge in [-0.05, 0) is 12.0 Å². The molecule has 1 unspecified atom stereocenters. The van der Waals surface area contributed by atoms with E-state index in [1.165, 1.54) is 0 Å². The topological polar surface area (TPSA) is 43.4 Å². The molecule has 11 heavy (non-hydrogen) atoms. The Morgan fingerprint density at radius 3 is 3.09 bits per heavy atom. The highest BCUT2D eigenvalue weighted by atomic mass is 16.5. The van der Waals surface area contributed by atoms with Crippen LogP contribution in [0.15, 0.2) is 11.3 Å². The molecule has 0 aromatic rings. The summed E-state index contributed by atoms with van der Waals surface area (Å²) >= 11 is 0. The lowest BCUT2D eigenvalue weighted by Gasteiger charge is -2.00. The predicted octanol–water partition coefficient (Wildman–Crippen LogP) is 0.796. The number of aldehydes is 1. The molecular weight excluding hydrogens is 144 g/mol. The van der Waals surface area contributed by atoms with Crippen LogP contribution in [-0.2, 0) is 14.3 Å². The van der Waals surface area contributed by atoms with Crippen LogP contribution in [0.5, 0.6) is 0 Å². The van der Waals surface area contributed by atoms with Crippen LogP contribution >= 0.6 is 0 Å². The summed E-state index contributed by atoms with van der Waals surface area (Å²) in [7, 11) is 0. The largest absolute Gasteiger partial charge is 0.431 e. The molecule has 0 aromatic heterocycles. The quantitative estimate of drug-likeness (QED) is 0.412. The Balaban J connectivity index is 2.24. The van der Waals surface area contributed by atoms with Gasteiger partial charge in [-0.25, -0.2) is 0 Å². The van der Waals surface area contributed by atoms with Gasteiger partial charge in [0.2, 0.25) is 0 Å². The Bertz CT molecular complexity index is 252. The van der Waals surface area contributed by atoms with E-state index in [1.807, 2.05) is 0 Å². The van der Waals surface area contributed by atoms with E-state index in [9.17, 15) is 9.59 Å². The molecule has 3 heteroatoms. The van der Waals surface area contributed by atoms with Gasteiger partial charge in [0.15, 0.2) is 0 Å². The molecule has 3 nitrogen and oxygen atoms in total. The van der Waals surface area contributed by atoms with Gasteiger partial charge >= 0.3 is 5.97 Å². The lowest BCUT2D eigenvalue weighted by Crippen LogP contribution is -2.03. The van der Waals surface area contributed by atoms with Gasteiger partial charge in [0.25, 0.3) is 0 Å². The van der Waals surface area contributed by atoms with Gasteiger partial charge in [-0.15, -0.1) is 0 Å². The third kappa shape index (κ3) is 0.878. The smallest absolute Gasteiger partial charge is 0.315 e. The van der Waals surface area contributed by atoms with Crippen molar-refractivity contribution in [3.63, 3.8) is 0 Å². The van der Waals surface area contributed by atoms with Gasteiger partial charge in [0.1, 0.15) is 12.0 Å². The Labute approximate surface area is 64.0 Å².